The number of carboxylic acid groups (broad SMARTS) is 1. The molecule has 0 aliphatic rings. The van der Waals surface area contributed by atoms with Gasteiger partial charge >= 0.3 is 5.97 Å². The molecule has 0 radical (unpaired) electrons. The third-order valence-corrected chi connectivity index (χ3v) is 2.62. The van der Waals surface area contributed by atoms with Gasteiger partial charge in [-0.25, -0.2) is 4.79 Å². The Balaban J connectivity index is 4.23. The highest BCUT2D eigenvalue weighted by Crippen LogP contribution is 2.02. The molecule has 0 fully saturated rings. The average Bonchev–Trinajstić information content (AvgIpc) is 2.30. The summed E-state index contributed by atoms with van der Waals surface area (Å²) < 4.78 is 0. The maximum Gasteiger partial charge on any atom is 0.326 e. The Morgan fingerprint density at radius 1 is 1.37 bits per heavy atom. The summed E-state index contributed by atoms with van der Waals surface area (Å²) in [6, 6.07) is -1.71. The fourth-order valence-corrected chi connectivity index (χ4v) is 1.36. The van der Waals surface area contributed by atoms with Crippen LogP contribution in [0.1, 0.15) is 26.7 Å². The van der Waals surface area contributed by atoms with E-state index in [1.165, 1.54) is 0 Å². The Morgan fingerprint density at radius 3 is 2.37 bits per heavy atom. The van der Waals surface area contributed by atoms with Gasteiger partial charge in [-0.3, -0.25) is 10.2 Å². The number of amides is 1. The summed E-state index contributed by atoms with van der Waals surface area (Å²) in [4.78, 5) is 22.7. The lowest BCUT2D eigenvalue weighted by atomic mass is 10.0. The monoisotopic (exact) mass is 273 g/mol. The number of rotatable bonds is 8. The van der Waals surface area contributed by atoms with Crippen molar-refractivity contribution in [3.63, 3.8) is 0 Å². The molecular formula is C11H23N5O3. The Bertz CT molecular complexity index is 332. The van der Waals surface area contributed by atoms with Crippen LogP contribution in [0.25, 0.3) is 0 Å². The number of nitrogens with two attached hydrogens (primary N) is 2. The molecule has 19 heavy (non-hydrogen) atoms. The van der Waals surface area contributed by atoms with E-state index in [4.69, 9.17) is 22.0 Å². The van der Waals surface area contributed by atoms with E-state index in [1.807, 2.05) is 0 Å². The summed E-state index contributed by atoms with van der Waals surface area (Å²) in [5.41, 5.74) is 10.7. The smallest absolute Gasteiger partial charge is 0.326 e. The molecule has 0 saturated heterocycles. The quantitative estimate of drug-likeness (QED) is 0.185. The number of carbonyl (C=O) groups is 2. The number of aliphatic carboxylic acids is 1. The normalized spacial score (nSPS) is 13.7. The van der Waals surface area contributed by atoms with Crippen LogP contribution in [0.3, 0.4) is 0 Å². The molecule has 2 unspecified atom stereocenters. The first-order valence-electron chi connectivity index (χ1n) is 6.12. The van der Waals surface area contributed by atoms with Crippen molar-refractivity contribution in [3.8, 4) is 0 Å². The molecule has 0 bridgehead atoms. The first kappa shape index (κ1) is 17.2. The predicted molar refractivity (Wildman–Crippen MR) is 71.5 cm³/mol. The Kier molecular flexibility index (Phi) is 7.50. The van der Waals surface area contributed by atoms with Gasteiger partial charge < -0.3 is 27.2 Å². The molecule has 8 N–H and O–H groups in total. The summed E-state index contributed by atoms with van der Waals surface area (Å²) in [6.07, 6.45) is 0.708. The van der Waals surface area contributed by atoms with Crippen molar-refractivity contribution in [3.05, 3.63) is 0 Å². The van der Waals surface area contributed by atoms with Crippen molar-refractivity contribution in [2.75, 3.05) is 6.54 Å². The lowest BCUT2D eigenvalue weighted by Gasteiger charge is -2.19. The Labute approximate surface area is 112 Å². The zero-order valence-electron chi connectivity index (χ0n) is 11.3. The predicted octanol–water partition coefficient (Wildman–Crippen LogP) is -1.20. The number of guanidine groups is 1. The van der Waals surface area contributed by atoms with Crippen LogP contribution in [0.5, 0.6) is 0 Å². The van der Waals surface area contributed by atoms with Crippen LogP contribution in [0.2, 0.25) is 0 Å². The van der Waals surface area contributed by atoms with Crippen LogP contribution in [0, 0.1) is 11.3 Å². The highest BCUT2D eigenvalue weighted by atomic mass is 16.4. The molecule has 0 heterocycles. The van der Waals surface area contributed by atoms with E-state index >= 15 is 0 Å². The van der Waals surface area contributed by atoms with Gasteiger partial charge in [-0.05, 0) is 18.8 Å². The van der Waals surface area contributed by atoms with E-state index in [2.05, 4.69) is 10.6 Å². The lowest BCUT2D eigenvalue weighted by Crippen LogP contribution is -2.50. The fraction of sp³-hybridized carbons (Fsp3) is 0.727. The van der Waals surface area contributed by atoms with Crippen LogP contribution >= 0.6 is 0 Å². The van der Waals surface area contributed by atoms with Crippen LogP contribution < -0.4 is 22.1 Å². The minimum Gasteiger partial charge on any atom is -0.480 e. The van der Waals surface area contributed by atoms with Crippen molar-refractivity contribution < 1.29 is 14.7 Å². The first-order valence-corrected chi connectivity index (χ1v) is 6.12. The van der Waals surface area contributed by atoms with Crippen molar-refractivity contribution >= 4 is 17.8 Å². The molecule has 0 aliphatic heterocycles. The van der Waals surface area contributed by atoms with Crippen molar-refractivity contribution in [1.82, 2.24) is 10.6 Å². The largest absolute Gasteiger partial charge is 0.480 e. The maximum atomic E-state index is 11.7. The standard InChI is InChI=1S/C11H23N5O3/c1-6(2)8(12)9(17)16-7(10(18)19)4-3-5-15-11(13)14/h6-8H,3-5,12H2,1-2H3,(H,16,17)(H,18,19)(H4,13,14,15). The van der Waals surface area contributed by atoms with E-state index in [9.17, 15) is 9.59 Å². The van der Waals surface area contributed by atoms with Gasteiger partial charge in [-0.15, -0.1) is 0 Å². The number of carboxylic acids is 1. The molecule has 1 amide bonds. The molecule has 0 aliphatic carbocycles. The summed E-state index contributed by atoms with van der Waals surface area (Å²) >= 11 is 0. The van der Waals surface area contributed by atoms with E-state index in [0.29, 0.717) is 13.0 Å². The molecule has 2 atom stereocenters. The molecule has 0 rings (SSSR count). The molecule has 0 aromatic heterocycles. The van der Waals surface area contributed by atoms with Gasteiger partial charge in [0.15, 0.2) is 5.96 Å². The molecule has 0 saturated carbocycles. The summed E-state index contributed by atoms with van der Waals surface area (Å²) in [6.45, 7) is 3.96. The summed E-state index contributed by atoms with van der Waals surface area (Å²) in [5, 5.41) is 20.9. The average molecular weight is 273 g/mol. The third-order valence-electron chi connectivity index (χ3n) is 2.62. The molecule has 0 aromatic carbocycles. The van der Waals surface area contributed by atoms with Gasteiger partial charge in [0, 0.05) is 6.54 Å². The maximum absolute atomic E-state index is 11.7. The molecule has 8 heteroatoms. The summed E-state index contributed by atoms with van der Waals surface area (Å²) in [7, 11) is 0. The minimum atomic E-state index is -1.10. The van der Waals surface area contributed by atoms with Crippen LogP contribution in [0.4, 0.5) is 0 Å². The second-order valence-electron chi connectivity index (χ2n) is 4.65. The van der Waals surface area contributed by atoms with E-state index < -0.39 is 24.0 Å². The number of hydrogen-bond acceptors (Lipinski definition) is 4. The van der Waals surface area contributed by atoms with Gasteiger partial charge in [0.25, 0.3) is 0 Å². The second-order valence-corrected chi connectivity index (χ2v) is 4.65. The Morgan fingerprint density at radius 2 is 1.95 bits per heavy atom. The van der Waals surface area contributed by atoms with E-state index in [1.54, 1.807) is 13.8 Å². The molecule has 0 aromatic rings. The Hall–Kier alpha value is -1.83. The van der Waals surface area contributed by atoms with Gasteiger partial charge in [0.2, 0.25) is 5.91 Å². The molecule has 8 nitrogen and oxygen atoms in total. The number of nitrogens with one attached hydrogen (secondary N) is 3. The van der Waals surface area contributed by atoms with Crippen molar-refractivity contribution in [1.29, 1.82) is 5.41 Å². The molecule has 110 valence electrons. The molecular weight excluding hydrogens is 250 g/mol. The fourth-order valence-electron chi connectivity index (χ4n) is 1.36. The summed E-state index contributed by atoms with van der Waals surface area (Å²) in [5.74, 6) is -1.80. The topological polar surface area (TPSA) is 154 Å². The number of hydrogen-bond donors (Lipinski definition) is 6. The van der Waals surface area contributed by atoms with E-state index in [0.717, 1.165) is 0 Å². The zero-order valence-corrected chi connectivity index (χ0v) is 11.3. The van der Waals surface area contributed by atoms with E-state index in [-0.39, 0.29) is 18.3 Å². The van der Waals surface area contributed by atoms with Crippen LogP contribution in [-0.2, 0) is 9.59 Å². The van der Waals surface area contributed by atoms with Gasteiger partial charge in [-0.1, -0.05) is 13.8 Å². The van der Waals surface area contributed by atoms with Crippen LogP contribution in [-0.4, -0.2) is 41.6 Å². The van der Waals surface area contributed by atoms with Crippen molar-refractivity contribution in [2.45, 2.75) is 38.8 Å². The third kappa shape index (κ3) is 7.24. The number of carbonyl (C=O) groups excluding carboxylic acids is 1. The minimum absolute atomic E-state index is 0.0613. The SMILES string of the molecule is CC(C)C(N)C(=O)NC(CCCNC(=N)N)C(=O)O. The highest BCUT2D eigenvalue weighted by molar-refractivity contribution is 5.86. The second kappa shape index (κ2) is 8.30. The first-order chi connectivity index (χ1) is 8.75. The van der Waals surface area contributed by atoms with Crippen LogP contribution in [0.15, 0.2) is 0 Å². The van der Waals surface area contributed by atoms with Crippen molar-refractivity contribution in [2.24, 2.45) is 17.4 Å². The van der Waals surface area contributed by atoms with Gasteiger partial charge in [-0.2, -0.15) is 0 Å². The van der Waals surface area contributed by atoms with Gasteiger partial charge in [0.05, 0.1) is 6.04 Å². The lowest BCUT2D eigenvalue weighted by molar-refractivity contribution is -0.142. The zero-order chi connectivity index (χ0) is 15.0. The van der Waals surface area contributed by atoms with Gasteiger partial charge in [0.1, 0.15) is 6.04 Å². The highest BCUT2D eigenvalue weighted by Gasteiger charge is 2.24. The molecule has 0 spiro atoms.